The Morgan fingerprint density at radius 3 is 2.73 bits per heavy atom. The Labute approximate surface area is 156 Å². The van der Waals surface area contributed by atoms with Gasteiger partial charge in [0.05, 0.1) is 7.11 Å². The maximum Gasteiger partial charge on any atom is 0.218 e. The van der Waals surface area contributed by atoms with Crippen LogP contribution in [0.4, 0.5) is 5.82 Å². The molecule has 2 aliphatic rings. The fourth-order valence-corrected chi connectivity index (χ4v) is 4.47. The number of benzene rings is 1. The van der Waals surface area contributed by atoms with E-state index in [1.54, 1.807) is 13.4 Å². The standard InChI is InChI=1S/C21H28N4O/c1-17-4-6-18(7-5-17)13-24-11-9-21(14-24)8-3-10-25(15-21)19-12-20(26-2)23-16-22-19/h4-7,12,16H,3,8-11,13-15H2,1-2H3/t21-/m1/s1. The lowest BCUT2D eigenvalue weighted by atomic mass is 9.79. The molecular weight excluding hydrogens is 324 g/mol. The number of hydrogen-bond donors (Lipinski definition) is 0. The molecule has 138 valence electrons. The first-order valence-electron chi connectivity index (χ1n) is 9.55. The smallest absolute Gasteiger partial charge is 0.218 e. The first kappa shape index (κ1) is 17.3. The molecule has 1 atom stereocenters. The van der Waals surface area contributed by atoms with E-state index in [0.29, 0.717) is 11.3 Å². The molecule has 2 fully saturated rings. The number of ether oxygens (including phenoxy) is 1. The number of aromatic nitrogens is 2. The summed E-state index contributed by atoms with van der Waals surface area (Å²) < 4.78 is 5.27. The van der Waals surface area contributed by atoms with Crippen molar-refractivity contribution in [2.24, 2.45) is 5.41 Å². The molecule has 2 aromatic rings. The van der Waals surface area contributed by atoms with Gasteiger partial charge in [-0.2, -0.15) is 0 Å². The summed E-state index contributed by atoms with van der Waals surface area (Å²) in [6.45, 7) is 7.72. The Morgan fingerprint density at radius 1 is 1.08 bits per heavy atom. The lowest BCUT2D eigenvalue weighted by Crippen LogP contribution is -2.45. The van der Waals surface area contributed by atoms with Crippen LogP contribution >= 0.6 is 0 Å². The molecule has 2 aliphatic heterocycles. The molecule has 4 rings (SSSR count). The molecule has 0 unspecified atom stereocenters. The van der Waals surface area contributed by atoms with Gasteiger partial charge in [0.2, 0.25) is 5.88 Å². The normalized spacial score (nSPS) is 23.5. The minimum absolute atomic E-state index is 0.390. The van der Waals surface area contributed by atoms with Crippen molar-refractivity contribution in [3.8, 4) is 5.88 Å². The van der Waals surface area contributed by atoms with E-state index >= 15 is 0 Å². The SMILES string of the molecule is COc1cc(N2CCC[C@]3(CCN(Cc4ccc(C)cc4)C3)C2)ncn1. The summed E-state index contributed by atoms with van der Waals surface area (Å²) in [5, 5.41) is 0. The number of aryl methyl sites for hydroxylation is 1. The zero-order valence-electron chi connectivity index (χ0n) is 15.8. The highest BCUT2D eigenvalue weighted by molar-refractivity contribution is 5.42. The average molecular weight is 352 g/mol. The molecule has 3 heterocycles. The summed E-state index contributed by atoms with van der Waals surface area (Å²) in [4.78, 5) is 13.7. The van der Waals surface area contributed by atoms with Gasteiger partial charge in [0, 0.05) is 37.7 Å². The number of piperidine rings is 1. The monoisotopic (exact) mass is 352 g/mol. The quantitative estimate of drug-likeness (QED) is 0.845. The number of nitrogens with zero attached hydrogens (tertiary/aromatic N) is 4. The van der Waals surface area contributed by atoms with Gasteiger partial charge in [-0.25, -0.2) is 9.97 Å². The van der Waals surface area contributed by atoms with Crippen LogP contribution in [0.5, 0.6) is 5.88 Å². The zero-order chi connectivity index (χ0) is 18.0. The van der Waals surface area contributed by atoms with Crippen molar-refractivity contribution in [1.29, 1.82) is 0 Å². The molecule has 1 aromatic heterocycles. The van der Waals surface area contributed by atoms with E-state index in [2.05, 4.69) is 51.0 Å². The molecule has 5 heteroatoms. The molecule has 0 amide bonds. The Hall–Kier alpha value is -2.14. The number of hydrogen-bond acceptors (Lipinski definition) is 5. The van der Waals surface area contributed by atoms with E-state index in [-0.39, 0.29) is 0 Å². The summed E-state index contributed by atoms with van der Waals surface area (Å²) in [6.07, 6.45) is 5.42. The van der Waals surface area contributed by atoms with Gasteiger partial charge in [-0.1, -0.05) is 29.8 Å². The summed E-state index contributed by atoms with van der Waals surface area (Å²) >= 11 is 0. The van der Waals surface area contributed by atoms with Crippen LogP contribution in [0.1, 0.15) is 30.4 Å². The summed E-state index contributed by atoms with van der Waals surface area (Å²) in [5.74, 6) is 1.63. The van der Waals surface area contributed by atoms with Crippen LogP contribution in [0.3, 0.4) is 0 Å². The third-order valence-electron chi connectivity index (χ3n) is 5.87. The topological polar surface area (TPSA) is 41.5 Å². The number of likely N-dealkylation sites (tertiary alicyclic amines) is 1. The maximum atomic E-state index is 5.27. The van der Waals surface area contributed by atoms with Gasteiger partial charge in [-0.05, 0) is 38.3 Å². The number of methoxy groups -OCH3 is 1. The van der Waals surface area contributed by atoms with Crippen LogP contribution in [0, 0.1) is 12.3 Å². The van der Waals surface area contributed by atoms with Crippen molar-refractivity contribution >= 4 is 5.82 Å². The van der Waals surface area contributed by atoms with E-state index in [4.69, 9.17) is 4.74 Å². The molecule has 0 aliphatic carbocycles. The Bertz CT molecular complexity index is 748. The minimum atomic E-state index is 0.390. The van der Waals surface area contributed by atoms with E-state index in [1.165, 1.54) is 43.5 Å². The lowest BCUT2D eigenvalue weighted by molar-refractivity contribution is 0.216. The third-order valence-corrected chi connectivity index (χ3v) is 5.87. The second-order valence-electron chi connectivity index (χ2n) is 7.89. The van der Waals surface area contributed by atoms with Gasteiger partial charge in [-0.3, -0.25) is 4.90 Å². The molecule has 5 nitrogen and oxygen atoms in total. The van der Waals surface area contributed by atoms with E-state index in [1.807, 2.05) is 6.07 Å². The van der Waals surface area contributed by atoms with Crippen molar-refractivity contribution < 1.29 is 4.74 Å². The van der Waals surface area contributed by atoms with Crippen LogP contribution in [-0.4, -0.2) is 48.2 Å². The van der Waals surface area contributed by atoms with E-state index in [0.717, 1.165) is 25.5 Å². The highest BCUT2D eigenvalue weighted by atomic mass is 16.5. The molecule has 0 N–H and O–H groups in total. The second kappa shape index (κ2) is 7.23. The molecule has 2 saturated heterocycles. The van der Waals surface area contributed by atoms with Crippen molar-refractivity contribution in [1.82, 2.24) is 14.9 Å². The third kappa shape index (κ3) is 3.68. The maximum absolute atomic E-state index is 5.27. The first-order valence-corrected chi connectivity index (χ1v) is 9.55. The first-order chi connectivity index (χ1) is 12.7. The van der Waals surface area contributed by atoms with Crippen molar-refractivity contribution in [3.05, 3.63) is 47.8 Å². The van der Waals surface area contributed by atoms with Crippen molar-refractivity contribution in [2.45, 2.75) is 32.7 Å². The summed E-state index contributed by atoms with van der Waals surface area (Å²) in [6, 6.07) is 10.9. The van der Waals surface area contributed by atoms with Gasteiger partial charge in [0.1, 0.15) is 12.1 Å². The number of rotatable bonds is 4. The predicted octanol–water partition coefficient (Wildman–Crippen LogP) is 3.29. The minimum Gasteiger partial charge on any atom is -0.481 e. The van der Waals surface area contributed by atoms with Crippen LogP contribution in [-0.2, 0) is 6.54 Å². The zero-order valence-corrected chi connectivity index (χ0v) is 15.8. The van der Waals surface area contributed by atoms with E-state index < -0.39 is 0 Å². The van der Waals surface area contributed by atoms with Crippen LogP contribution in [0.25, 0.3) is 0 Å². The van der Waals surface area contributed by atoms with Gasteiger partial charge in [-0.15, -0.1) is 0 Å². The molecule has 0 saturated carbocycles. The van der Waals surface area contributed by atoms with Gasteiger partial charge in [0.15, 0.2) is 0 Å². The van der Waals surface area contributed by atoms with Gasteiger partial charge < -0.3 is 9.64 Å². The highest BCUT2D eigenvalue weighted by Gasteiger charge is 2.41. The predicted molar refractivity (Wildman–Crippen MR) is 104 cm³/mol. The molecule has 0 bridgehead atoms. The van der Waals surface area contributed by atoms with Crippen LogP contribution in [0.15, 0.2) is 36.7 Å². The van der Waals surface area contributed by atoms with E-state index in [9.17, 15) is 0 Å². The number of anilines is 1. The molecule has 1 aromatic carbocycles. The second-order valence-corrected chi connectivity index (χ2v) is 7.89. The van der Waals surface area contributed by atoms with Crippen LogP contribution < -0.4 is 9.64 Å². The molecular formula is C21H28N4O. The summed E-state index contributed by atoms with van der Waals surface area (Å²) in [7, 11) is 1.66. The Morgan fingerprint density at radius 2 is 1.92 bits per heavy atom. The molecule has 1 spiro atoms. The molecule has 26 heavy (non-hydrogen) atoms. The van der Waals surface area contributed by atoms with Gasteiger partial charge >= 0.3 is 0 Å². The fraction of sp³-hybridized carbons (Fsp3) is 0.524. The van der Waals surface area contributed by atoms with Crippen LogP contribution in [0.2, 0.25) is 0 Å². The Balaban J connectivity index is 1.43. The Kier molecular flexibility index (Phi) is 4.81. The van der Waals surface area contributed by atoms with Crippen molar-refractivity contribution in [3.63, 3.8) is 0 Å². The fourth-order valence-electron chi connectivity index (χ4n) is 4.47. The highest BCUT2D eigenvalue weighted by Crippen LogP contribution is 2.40. The average Bonchev–Trinajstić information content (AvgIpc) is 3.05. The van der Waals surface area contributed by atoms with Gasteiger partial charge in [0.25, 0.3) is 0 Å². The molecule has 0 radical (unpaired) electrons. The lowest BCUT2D eigenvalue weighted by Gasteiger charge is -2.41. The largest absolute Gasteiger partial charge is 0.481 e. The summed E-state index contributed by atoms with van der Waals surface area (Å²) in [5.41, 5.74) is 3.14. The van der Waals surface area contributed by atoms with Crippen molar-refractivity contribution in [2.75, 3.05) is 38.2 Å².